The van der Waals surface area contributed by atoms with Crippen LogP contribution in [0.2, 0.25) is 0 Å². The van der Waals surface area contributed by atoms with Gasteiger partial charge >= 0.3 is 5.97 Å². The maximum absolute atomic E-state index is 13.3. The Morgan fingerprint density at radius 2 is 2.12 bits per heavy atom. The lowest BCUT2D eigenvalue weighted by Gasteiger charge is -2.45. The standard InChI is InChI=1S/C17H22N2O6S/c1-2-25-17(20)16-10-12-5-3-6-13(9-12)18(16)26(23,24)15-8-4-7-14(11-15)19(21)22/h4,7-8,11-13,16H,2-3,5-6,9-10H2,1H3. The molecule has 1 saturated carbocycles. The monoisotopic (exact) mass is 382 g/mol. The third-order valence-corrected chi connectivity index (χ3v) is 7.10. The van der Waals surface area contributed by atoms with Gasteiger partial charge in [-0.15, -0.1) is 0 Å². The molecule has 2 bridgehead atoms. The zero-order valence-corrected chi connectivity index (χ0v) is 15.4. The maximum atomic E-state index is 13.3. The largest absolute Gasteiger partial charge is 0.465 e. The van der Waals surface area contributed by atoms with Crippen LogP contribution in [0.4, 0.5) is 5.69 Å². The molecule has 1 aliphatic heterocycles. The molecule has 1 heterocycles. The van der Waals surface area contributed by atoms with Gasteiger partial charge in [0, 0.05) is 18.2 Å². The van der Waals surface area contributed by atoms with Crippen molar-refractivity contribution in [3.63, 3.8) is 0 Å². The zero-order chi connectivity index (χ0) is 18.9. The Balaban J connectivity index is 2.02. The van der Waals surface area contributed by atoms with Gasteiger partial charge in [0.15, 0.2) is 0 Å². The van der Waals surface area contributed by atoms with E-state index in [1.54, 1.807) is 6.92 Å². The molecule has 142 valence electrons. The van der Waals surface area contributed by atoms with Crippen LogP contribution in [0.3, 0.4) is 0 Å². The van der Waals surface area contributed by atoms with Gasteiger partial charge < -0.3 is 4.74 Å². The minimum atomic E-state index is -4.05. The number of fused-ring (bicyclic) bond motifs is 2. The minimum Gasteiger partial charge on any atom is -0.465 e. The second-order valence-corrected chi connectivity index (χ2v) is 8.62. The van der Waals surface area contributed by atoms with Gasteiger partial charge in [0.25, 0.3) is 5.69 Å². The first-order valence-corrected chi connectivity index (χ1v) is 10.2. The Bertz CT molecular complexity index is 809. The first kappa shape index (κ1) is 18.8. The number of sulfonamides is 1. The Morgan fingerprint density at radius 1 is 1.35 bits per heavy atom. The van der Waals surface area contributed by atoms with E-state index in [2.05, 4.69) is 0 Å². The van der Waals surface area contributed by atoms with Crippen molar-refractivity contribution in [1.82, 2.24) is 4.31 Å². The molecule has 1 aliphatic carbocycles. The van der Waals surface area contributed by atoms with Crippen molar-refractivity contribution in [1.29, 1.82) is 0 Å². The van der Waals surface area contributed by atoms with E-state index in [0.717, 1.165) is 18.9 Å². The molecule has 0 N–H and O–H groups in total. The van der Waals surface area contributed by atoms with Crippen molar-refractivity contribution in [3.05, 3.63) is 34.4 Å². The summed E-state index contributed by atoms with van der Waals surface area (Å²) < 4.78 is 32.9. The molecule has 3 atom stereocenters. The summed E-state index contributed by atoms with van der Waals surface area (Å²) in [5, 5.41) is 11.0. The SMILES string of the molecule is CCOC(=O)C1CC2CCCC(C2)N1S(=O)(=O)c1cccc([N+](=O)[O-])c1. The fraction of sp³-hybridized carbons (Fsp3) is 0.588. The van der Waals surface area contributed by atoms with E-state index in [1.165, 1.54) is 22.5 Å². The summed E-state index contributed by atoms with van der Waals surface area (Å²) in [6.07, 6.45) is 3.72. The van der Waals surface area contributed by atoms with E-state index in [4.69, 9.17) is 4.74 Å². The average molecular weight is 382 g/mol. The molecule has 9 heteroatoms. The quantitative estimate of drug-likeness (QED) is 0.440. The van der Waals surface area contributed by atoms with Gasteiger partial charge in [0.05, 0.1) is 16.4 Å². The van der Waals surface area contributed by atoms with E-state index in [1.807, 2.05) is 0 Å². The Hall–Kier alpha value is -2.00. The number of benzene rings is 1. The second kappa shape index (κ2) is 7.32. The molecule has 2 fully saturated rings. The number of non-ortho nitro benzene ring substituents is 1. The smallest absolute Gasteiger partial charge is 0.324 e. The van der Waals surface area contributed by atoms with Gasteiger partial charge in [-0.2, -0.15) is 4.31 Å². The number of rotatable bonds is 5. The molecule has 3 unspecified atom stereocenters. The zero-order valence-electron chi connectivity index (χ0n) is 14.5. The van der Waals surface area contributed by atoms with Gasteiger partial charge in [-0.25, -0.2) is 8.42 Å². The number of esters is 1. The lowest BCUT2D eigenvalue weighted by Crippen LogP contribution is -2.56. The highest BCUT2D eigenvalue weighted by atomic mass is 32.2. The lowest BCUT2D eigenvalue weighted by atomic mass is 9.78. The van der Waals surface area contributed by atoms with Gasteiger partial charge in [0.2, 0.25) is 10.0 Å². The fourth-order valence-corrected chi connectivity index (χ4v) is 5.92. The molecular formula is C17H22N2O6S. The van der Waals surface area contributed by atoms with Crippen LogP contribution in [0.15, 0.2) is 29.2 Å². The van der Waals surface area contributed by atoms with E-state index in [9.17, 15) is 23.3 Å². The Morgan fingerprint density at radius 3 is 2.81 bits per heavy atom. The summed E-state index contributed by atoms with van der Waals surface area (Å²) in [6, 6.07) is 3.82. The number of nitro benzene ring substituents is 1. The van der Waals surface area contributed by atoms with Gasteiger partial charge in [0.1, 0.15) is 6.04 Å². The summed E-state index contributed by atoms with van der Waals surface area (Å²) in [7, 11) is -4.05. The molecule has 0 aromatic heterocycles. The number of ether oxygens (including phenoxy) is 1. The number of nitro groups is 1. The molecule has 26 heavy (non-hydrogen) atoms. The first-order chi connectivity index (χ1) is 12.3. The molecular weight excluding hydrogens is 360 g/mol. The van der Waals surface area contributed by atoms with Crippen LogP contribution in [0, 0.1) is 16.0 Å². The highest BCUT2D eigenvalue weighted by Gasteiger charge is 2.48. The number of carbonyl (C=O) groups is 1. The molecule has 1 aromatic rings. The molecule has 2 aliphatic rings. The lowest BCUT2D eigenvalue weighted by molar-refractivity contribution is -0.385. The second-order valence-electron chi connectivity index (χ2n) is 6.78. The number of nitrogens with zero attached hydrogens (tertiary/aromatic N) is 2. The van der Waals surface area contributed by atoms with Crippen LogP contribution in [-0.4, -0.2) is 42.3 Å². The molecule has 0 amide bonds. The summed E-state index contributed by atoms with van der Waals surface area (Å²) in [5.41, 5.74) is -0.294. The highest BCUT2D eigenvalue weighted by molar-refractivity contribution is 7.89. The van der Waals surface area contributed by atoms with Gasteiger partial charge in [-0.1, -0.05) is 18.9 Å². The Kier molecular flexibility index (Phi) is 5.29. The van der Waals surface area contributed by atoms with Crippen molar-refractivity contribution in [2.24, 2.45) is 5.92 Å². The van der Waals surface area contributed by atoms with E-state index in [-0.39, 0.29) is 23.2 Å². The summed E-state index contributed by atoms with van der Waals surface area (Å²) in [4.78, 5) is 22.7. The van der Waals surface area contributed by atoms with Crippen LogP contribution in [-0.2, 0) is 19.6 Å². The molecule has 3 rings (SSSR count). The molecule has 1 saturated heterocycles. The van der Waals surface area contributed by atoms with Crippen molar-refractivity contribution in [2.45, 2.75) is 56.0 Å². The van der Waals surface area contributed by atoms with E-state index >= 15 is 0 Å². The average Bonchev–Trinajstić information content (AvgIpc) is 2.61. The predicted molar refractivity (Wildman–Crippen MR) is 92.9 cm³/mol. The van der Waals surface area contributed by atoms with Crippen LogP contribution < -0.4 is 0 Å². The van der Waals surface area contributed by atoms with E-state index in [0.29, 0.717) is 25.2 Å². The normalized spacial score (nSPS) is 26.3. The maximum Gasteiger partial charge on any atom is 0.324 e. The van der Waals surface area contributed by atoms with Crippen LogP contribution in [0.25, 0.3) is 0 Å². The molecule has 0 radical (unpaired) electrons. The van der Waals surface area contributed by atoms with Crippen molar-refractivity contribution in [3.8, 4) is 0 Å². The fourth-order valence-electron chi connectivity index (χ4n) is 4.06. The number of carbonyl (C=O) groups excluding carboxylic acids is 1. The Labute approximate surface area is 152 Å². The summed E-state index contributed by atoms with van der Waals surface area (Å²) >= 11 is 0. The van der Waals surface area contributed by atoms with Gasteiger partial charge in [-0.3, -0.25) is 14.9 Å². The van der Waals surface area contributed by atoms with Crippen molar-refractivity contribution >= 4 is 21.7 Å². The molecule has 1 aromatic carbocycles. The highest BCUT2D eigenvalue weighted by Crippen LogP contribution is 2.41. The van der Waals surface area contributed by atoms with Gasteiger partial charge in [-0.05, 0) is 38.2 Å². The van der Waals surface area contributed by atoms with E-state index < -0.39 is 27.0 Å². The van der Waals surface area contributed by atoms with Crippen LogP contribution in [0.5, 0.6) is 0 Å². The third kappa shape index (κ3) is 3.45. The molecule has 0 spiro atoms. The first-order valence-electron chi connectivity index (χ1n) is 8.79. The number of piperidine rings is 1. The molecule has 8 nitrogen and oxygen atoms in total. The minimum absolute atomic E-state index is 0.162. The summed E-state index contributed by atoms with van der Waals surface area (Å²) in [6.45, 7) is 1.86. The topological polar surface area (TPSA) is 107 Å². The number of hydrogen-bond acceptors (Lipinski definition) is 6. The van der Waals surface area contributed by atoms with Crippen molar-refractivity contribution in [2.75, 3.05) is 6.61 Å². The predicted octanol–water partition coefficient (Wildman–Crippen LogP) is 2.48. The van der Waals surface area contributed by atoms with Crippen LogP contribution in [0.1, 0.15) is 39.0 Å². The van der Waals surface area contributed by atoms with Crippen LogP contribution >= 0.6 is 0 Å². The third-order valence-electron chi connectivity index (χ3n) is 5.14. The summed E-state index contributed by atoms with van der Waals surface area (Å²) in [5.74, 6) is -0.238. The van der Waals surface area contributed by atoms with Crippen molar-refractivity contribution < 1.29 is 22.9 Å². The number of hydrogen-bond donors (Lipinski definition) is 0.